The van der Waals surface area contributed by atoms with Crippen LogP contribution in [0.25, 0.3) is 0 Å². The van der Waals surface area contributed by atoms with E-state index in [1.54, 1.807) is 18.4 Å². The van der Waals surface area contributed by atoms with Gasteiger partial charge in [0.15, 0.2) is 0 Å². The average molecular weight is 319 g/mol. The highest BCUT2D eigenvalue weighted by Gasteiger charge is 2.04. The van der Waals surface area contributed by atoms with Crippen LogP contribution in [0.5, 0.6) is 0 Å². The Labute approximate surface area is 132 Å². The van der Waals surface area contributed by atoms with Crippen LogP contribution in [0.2, 0.25) is 5.02 Å². The zero-order valence-corrected chi connectivity index (χ0v) is 13.2. The van der Waals surface area contributed by atoms with Crippen molar-refractivity contribution in [3.8, 4) is 6.07 Å². The molecule has 0 saturated carbocycles. The van der Waals surface area contributed by atoms with Crippen molar-refractivity contribution in [3.63, 3.8) is 0 Å². The monoisotopic (exact) mass is 318 g/mol. The second-order valence-corrected chi connectivity index (χ2v) is 6.53. The molecule has 0 aliphatic heterocycles. The van der Waals surface area contributed by atoms with E-state index in [1.807, 2.05) is 30.3 Å². The lowest BCUT2D eigenvalue weighted by molar-refractivity contribution is 0.686. The first-order chi connectivity index (χ1) is 10.1. The molecule has 21 heavy (non-hydrogen) atoms. The smallest absolute Gasteiger partial charge is 0.0991 e. The second-order valence-electron chi connectivity index (χ2n) is 4.69. The van der Waals surface area contributed by atoms with Gasteiger partial charge in [-0.3, -0.25) is 4.21 Å². The lowest BCUT2D eigenvalue weighted by Gasteiger charge is -2.09. The van der Waals surface area contributed by atoms with Gasteiger partial charge in [0.05, 0.1) is 11.6 Å². The van der Waals surface area contributed by atoms with Crippen LogP contribution in [0.1, 0.15) is 16.7 Å². The van der Waals surface area contributed by atoms with Crippen molar-refractivity contribution in [2.45, 2.75) is 12.3 Å². The number of nitriles is 1. The van der Waals surface area contributed by atoms with E-state index in [4.69, 9.17) is 16.9 Å². The maximum Gasteiger partial charge on any atom is 0.0991 e. The van der Waals surface area contributed by atoms with Gasteiger partial charge in [-0.1, -0.05) is 23.7 Å². The van der Waals surface area contributed by atoms with E-state index in [-0.39, 0.29) is 0 Å². The lowest BCUT2D eigenvalue weighted by atomic mass is 10.1. The summed E-state index contributed by atoms with van der Waals surface area (Å²) >= 11 is 6.10. The Hall–Kier alpha value is -1.83. The van der Waals surface area contributed by atoms with Crippen molar-refractivity contribution in [1.82, 2.24) is 0 Å². The summed E-state index contributed by atoms with van der Waals surface area (Å²) in [5.74, 6) is 0.450. The second kappa shape index (κ2) is 7.26. The predicted molar refractivity (Wildman–Crippen MR) is 87.7 cm³/mol. The molecular weight excluding hydrogens is 304 g/mol. The van der Waals surface area contributed by atoms with Gasteiger partial charge in [-0.2, -0.15) is 5.26 Å². The van der Waals surface area contributed by atoms with Gasteiger partial charge < -0.3 is 5.32 Å². The summed E-state index contributed by atoms with van der Waals surface area (Å²) in [6, 6.07) is 15.2. The van der Waals surface area contributed by atoms with Crippen molar-refractivity contribution in [1.29, 1.82) is 5.26 Å². The molecule has 0 aliphatic carbocycles. The van der Waals surface area contributed by atoms with Crippen molar-refractivity contribution in [3.05, 3.63) is 64.2 Å². The van der Waals surface area contributed by atoms with E-state index >= 15 is 0 Å². The molecule has 108 valence electrons. The van der Waals surface area contributed by atoms with Crippen molar-refractivity contribution < 1.29 is 4.21 Å². The first kappa shape index (κ1) is 15.6. The molecule has 2 aromatic rings. The fourth-order valence-electron chi connectivity index (χ4n) is 1.92. The molecule has 0 aliphatic rings. The van der Waals surface area contributed by atoms with E-state index in [2.05, 4.69) is 11.4 Å². The molecule has 0 heterocycles. The SMILES string of the molecule is C[S@](=O)Cc1cc(NCc2ccc(C#N)cc2)ccc1Cl. The lowest BCUT2D eigenvalue weighted by Crippen LogP contribution is -2.01. The van der Waals surface area contributed by atoms with Gasteiger partial charge in [-0.05, 0) is 41.5 Å². The van der Waals surface area contributed by atoms with Gasteiger partial charge in [-0.15, -0.1) is 0 Å². The van der Waals surface area contributed by atoms with E-state index in [9.17, 15) is 4.21 Å². The van der Waals surface area contributed by atoms with Gasteiger partial charge in [0.1, 0.15) is 0 Å². The summed E-state index contributed by atoms with van der Waals surface area (Å²) in [6.07, 6.45) is 1.66. The normalized spacial score (nSPS) is 11.7. The van der Waals surface area contributed by atoms with Crippen LogP contribution in [-0.4, -0.2) is 10.5 Å². The standard InChI is InChI=1S/C16H15ClN2OS/c1-21(20)11-14-8-15(6-7-16(14)17)19-10-13-4-2-12(9-18)3-5-13/h2-8,19H,10-11H2,1H3/t21-/m0/s1. The minimum absolute atomic E-state index is 0.450. The molecular formula is C16H15ClN2OS. The molecule has 2 rings (SSSR count). The van der Waals surface area contributed by atoms with Crippen LogP contribution in [-0.2, 0) is 23.1 Å². The predicted octanol–water partition coefficient (Wildman–Crippen LogP) is 3.70. The third kappa shape index (κ3) is 4.59. The maximum absolute atomic E-state index is 11.3. The third-order valence-corrected chi connectivity index (χ3v) is 4.07. The number of nitrogens with zero attached hydrogens (tertiary/aromatic N) is 1. The quantitative estimate of drug-likeness (QED) is 0.914. The largest absolute Gasteiger partial charge is 0.381 e. The van der Waals surface area contributed by atoms with Crippen molar-refractivity contribution in [2.75, 3.05) is 11.6 Å². The molecule has 0 spiro atoms. The molecule has 0 radical (unpaired) electrons. The van der Waals surface area contributed by atoms with Crippen LogP contribution in [0.3, 0.4) is 0 Å². The number of halogens is 1. The molecule has 0 bridgehead atoms. The molecule has 1 atom stereocenters. The molecule has 5 heteroatoms. The number of hydrogen-bond acceptors (Lipinski definition) is 3. The molecule has 0 fully saturated rings. The first-order valence-electron chi connectivity index (χ1n) is 6.40. The Morgan fingerprint density at radius 1 is 1.24 bits per heavy atom. The van der Waals surface area contributed by atoms with Gasteiger partial charge in [0.25, 0.3) is 0 Å². The zero-order chi connectivity index (χ0) is 15.2. The van der Waals surface area contributed by atoms with Crippen molar-refractivity contribution in [2.24, 2.45) is 0 Å². The summed E-state index contributed by atoms with van der Waals surface area (Å²) in [6.45, 7) is 0.655. The number of rotatable bonds is 5. The molecule has 2 aromatic carbocycles. The topological polar surface area (TPSA) is 52.9 Å². The molecule has 0 amide bonds. The van der Waals surface area contributed by atoms with Crippen LogP contribution in [0.15, 0.2) is 42.5 Å². The Bertz CT molecular complexity index is 692. The maximum atomic E-state index is 11.3. The number of hydrogen-bond donors (Lipinski definition) is 1. The summed E-state index contributed by atoms with van der Waals surface area (Å²) in [5.41, 5.74) is 3.55. The van der Waals surface area contributed by atoms with Crippen LogP contribution in [0.4, 0.5) is 5.69 Å². The number of nitrogens with one attached hydrogen (secondary N) is 1. The Balaban J connectivity index is 2.05. The molecule has 1 N–H and O–H groups in total. The minimum Gasteiger partial charge on any atom is -0.381 e. The van der Waals surface area contributed by atoms with Gasteiger partial charge in [0.2, 0.25) is 0 Å². The minimum atomic E-state index is -0.922. The van der Waals surface area contributed by atoms with E-state index in [0.717, 1.165) is 16.8 Å². The van der Waals surface area contributed by atoms with Crippen molar-refractivity contribution >= 4 is 28.1 Å². The Morgan fingerprint density at radius 3 is 2.57 bits per heavy atom. The fraction of sp³-hybridized carbons (Fsp3) is 0.188. The summed E-state index contributed by atoms with van der Waals surface area (Å²) in [5, 5.41) is 12.7. The average Bonchev–Trinajstić information content (AvgIpc) is 2.48. The van der Waals surface area contributed by atoms with Crippen LogP contribution >= 0.6 is 11.6 Å². The molecule has 0 saturated heterocycles. The van der Waals surface area contributed by atoms with E-state index in [0.29, 0.717) is 22.9 Å². The van der Waals surface area contributed by atoms with Crippen LogP contribution in [0, 0.1) is 11.3 Å². The molecule has 3 nitrogen and oxygen atoms in total. The van der Waals surface area contributed by atoms with Gasteiger partial charge in [-0.25, -0.2) is 0 Å². The Morgan fingerprint density at radius 2 is 1.95 bits per heavy atom. The highest BCUT2D eigenvalue weighted by atomic mass is 35.5. The first-order valence-corrected chi connectivity index (χ1v) is 8.50. The summed E-state index contributed by atoms with van der Waals surface area (Å²) in [4.78, 5) is 0. The van der Waals surface area contributed by atoms with Crippen LogP contribution < -0.4 is 5.32 Å². The summed E-state index contributed by atoms with van der Waals surface area (Å²) in [7, 11) is -0.922. The third-order valence-electron chi connectivity index (χ3n) is 2.98. The number of benzene rings is 2. The molecule has 0 aromatic heterocycles. The zero-order valence-electron chi connectivity index (χ0n) is 11.6. The fourth-order valence-corrected chi connectivity index (χ4v) is 2.86. The molecule has 0 unspecified atom stereocenters. The summed E-state index contributed by atoms with van der Waals surface area (Å²) < 4.78 is 11.3. The highest BCUT2D eigenvalue weighted by molar-refractivity contribution is 7.83. The van der Waals surface area contributed by atoms with E-state index in [1.165, 1.54) is 0 Å². The Kier molecular flexibility index (Phi) is 5.38. The number of anilines is 1. The highest BCUT2D eigenvalue weighted by Crippen LogP contribution is 2.22. The van der Waals surface area contributed by atoms with Gasteiger partial charge >= 0.3 is 0 Å². The van der Waals surface area contributed by atoms with Gasteiger partial charge in [0, 0.05) is 40.1 Å². The van der Waals surface area contributed by atoms with E-state index < -0.39 is 10.8 Å².